The van der Waals surface area contributed by atoms with Gasteiger partial charge in [-0.15, -0.1) is 0 Å². The smallest absolute Gasteiger partial charge is 0.223 e. The average Bonchev–Trinajstić information content (AvgIpc) is 2.83. The van der Waals surface area contributed by atoms with E-state index in [4.69, 9.17) is 10.5 Å². The van der Waals surface area contributed by atoms with Gasteiger partial charge in [-0.25, -0.2) is 0 Å². The average molecular weight is 266 g/mol. The zero-order valence-corrected chi connectivity index (χ0v) is 11.7. The van der Waals surface area contributed by atoms with Gasteiger partial charge in [0.1, 0.15) is 0 Å². The molecule has 1 aliphatic carbocycles. The van der Waals surface area contributed by atoms with Crippen LogP contribution >= 0.6 is 0 Å². The van der Waals surface area contributed by atoms with E-state index in [-0.39, 0.29) is 6.04 Å². The van der Waals surface area contributed by atoms with Gasteiger partial charge in [-0.1, -0.05) is 6.42 Å². The van der Waals surface area contributed by atoms with Gasteiger partial charge in [0, 0.05) is 37.6 Å². The molecule has 0 radical (unpaired) electrons. The number of carbonyl (C=O) groups excluding carboxylic acids is 1. The van der Waals surface area contributed by atoms with Crippen molar-refractivity contribution in [2.24, 2.45) is 17.6 Å². The van der Waals surface area contributed by atoms with Crippen LogP contribution < -0.4 is 5.73 Å². The van der Waals surface area contributed by atoms with Gasteiger partial charge in [0.25, 0.3) is 0 Å². The predicted molar refractivity (Wildman–Crippen MR) is 73.6 cm³/mol. The monoisotopic (exact) mass is 266 g/mol. The molecule has 0 aromatic carbocycles. The third-order valence-electron chi connectivity index (χ3n) is 5.28. The molecule has 1 saturated carbocycles. The Morgan fingerprint density at radius 2 is 2.11 bits per heavy atom. The number of rotatable bonds is 2. The van der Waals surface area contributed by atoms with E-state index in [2.05, 4.69) is 4.90 Å². The van der Waals surface area contributed by atoms with E-state index in [1.165, 1.54) is 12.8 Å². The SMILES string of the molecule is N[C@@H]1CCC[C@H]1CC(=O)N1CCCC2COCCC21. The van der Waals surface area contributed by atoms with Crippen LogP contribution in [0.5, 0.6) is 0 Å². The maximum atomic E-state index is 12.6. The van der Waals surface area contributed by atoms with Crippen LogP contribution in [0.25, 0.3) is 0 Å². The van der Waals surface area contributed by atoms with Crippen LogP contribution in [0.4, 0.5) is 0 Å². The highest BCUT2D eigenvalue weighted by molar-refractivity contribution is 5.77. The Bertz CT molecular complexity index is 332. The van der Waals surface area contributed by atoms with Gasteiger partial charge in [-0.05, 0) is 38.0 Å². The molecular formula is C15H26N2O2. The third kappa shape index (κ3) is 2.79. The summed E-state index contributed by atoms with van der Waals surface area (Å²) in [6.45, 7) is 2.60. The van der Waals surface area contributed by atoms with E-state index in [9.17, 15) is 4.79 Å². The van der Waals surface area contributed by atoms with Crippen LogP contribution in [0.1, 0.15) is 44.9 Å². The highest BCUT2D eigenvalue weighted by atomic mass is 16.5. The number of piperidine rings is 1. The quantitative estimate of drug-likeness (QED) is 0.824. The summed E-state index contributed by atoms with van der Waals surface area (Å²) in [7, 11) is 0. The molecule has 3 rings (SSSR count). The first kappa shape index (κ1) is 13.4. The number of hydrogen-bond acceptors (Lipinski definition) is 3. The molecule has 2 heterocycles. The number of fused-ring (bicyclic) bond motifs is 1. The summed E-state index contributed by atoms with van der Waals surface area (Å²) in [4.78, 5) is 14.7. The second kappa shape index (κ2) is 5.80. The standard InChI is InChI=1S/C15H26N2O2/c16-13-5-1-3-11(13)9-15(18)17-7-2-4-12-10-19-8-6-14(12)17/h11-14H,1-10,16H2/t11-,12?,13+,14?/m0/s1. The normalized spacial score (nSPS) is 39.1. The van der Waals surface area contributed by atoms with Gasteiger partial charge in [0.2, 0.25) is 5.91 Å². The number of hydrogen-bond donors (Lipinski definition) is 1. The molecule has 0 aromatic heterocycles. The molecule has 0 aromatic rings. The lowest BCUT2D eigenvalue weighted by molar-refractivity contribution is -0.141. The fourth-order valence-corrected chi connectivity index (χ4v) is 4.13. The number of nitrogens with two attached hydrogens (primary N) is 1. The molecule has 4 heteroatoms. The predicted octanol–water partition coefficient (Wildman–Crippen LogP) is 1.53. The van der Waals surface area contributed by atoms with Crippen LogP contribution in [-0.4, -0.2) is 42.6 Å². The molecule has 4 atom stereocenters. The highest BCUT2D eigenvalue weighted by Crippen LogP contribution is 2.32. The number of carbonyl (C=O) groups is 1. The minimum atomic E-state index is 0.249. The van der Waals surface area contributed by atoms with Gasteiger partial charge >= 0.3 is 0 Å². The van der Waals surface area contributed by atoms with Gasteiger partial charge in [0.05, 0.1) is 6.61 Å². The molecule has 2 saturated heterocycles. The summed E-state index contributed by atoms with van der Waals surface area (Å²) in [5.41, 5.74) is 6.10. The van der Waals surface area contributed by atoms with E-state index in [0.29, 0.717) is 30.2 Å². The molecule has 3 fully saturated rings. The summed E-state index contributed by atoms with van der Waals surface area (Å²) < 4.78 is 5.56. The van der Waals surface area contributed by atoms with Crippen LogP contribution in [0.15, 0.2) is 0 Å². The minimum Gasteiger partial charge on any atom is -0.381 e. The summed E-state index contributed by atoms with van der Waals surface area (Å²) in [6.07, 6.45) is 7.47. The van der Waals surface area contributed by atoms with Crippen LogP contribution in [0.3, 0.4) is 0 Å². The Labute approximate surface area is 115 Å². The van der Waals surface area contributed by atoms with Crippen molar-refractivity contribution in [1.82, 2.24) is 4.90 Å². The largest absolute Gasteiger partial charge is 0.381 e. The van der Waals surface area contributed by atoms with Gasteiger partial charge in [0.15, 0.2) is 0 Å². The first-order valence-electron chi connectivity index (χ1n) is 7.88. The summed E-state index contributed by atoms with van der Waals surface area (Å²) in [5, 5.41) is 0. The van der Waals surface area contributed by atoms with Crippen LogP contribution in [0, 0.1) is 11.8 Å². The molecule has 19 heavy (non-hydrogen) atoms. The second-order valence-electron chi connectivity index (χ2n) is 6.48. The van der Waals surface area contributed by atoms with E-state index >= 15 is 0 Å². The number of amides is 1. The molecule has 2 unspecified atom stereocenters. The Morgan fingerprint density at radius 3 is 2.89 bits per heavy atom. The molecule has 108 valence electrons. The second-order valence-corrected chi connectivity index (χ2v) is 6.48. The molecule has 1 amide bonds. The molecule has 2 N–H and O–H groups in total. The van der Waals surface area contributed by atoms with Crippen LogP contribution in [0.2, 0.25) is 0 Å². The lowest BCUT2D eigenvalue weighted by atomic mass is 9.85. The maximum Gasteiger partial charge on any atom is 0.223 e. The summed E-state index contributed by atoms with van der Waals surface area (Å²) in [5.74, 6) is 1.34. The van der Waals surface area contributed by atoms with Crippen molar-refractivity contribution < 1.29 is 9.53 Å². The molecule has 0 spiro atoms. The number of ether oxygens (including phenoxy) is 1. The molecule has 3 aliphatic rings. The Balaban J connectivity index is 1.61. The zero-order chi connectivity index (χ0) is 13.2. The van der Waals surface area contributed by atoms with Crippen molar-refractivity contribution in [3.8, 4) is 0 Å². The van der Waals surface area contributed by atoms with Crippen molar-refractivity contribution in [1.29, 1.82) is 0 Å². The van der Waals surface area contributed by atoms with Gasteiger partial charge in [-0.3, -0.25) is 4.79 Å². The van der Waals surface area contributed by atoms with E-state index in [1.54, 1.807) is 0 Å². The lowest BCUT2D eigenvalue weighted by Gasteiger charge is -2.44. The number of likely N-dealkylation sites (tertiary alicyclic amines) is 1. The fraction of sp³-hybridized carbons (Fsp3) is 0.933. The Hall–Kier alpha value is -0.610. The topological polar surface area (TPSA) is 55.6 Å². The lowest BCUT2D eigenvalue weighted by Crippen LogP contribution is -2.52. The molecule has 0 bridgehead atoms. The first-order chi connectivity index (χ1) is 9.25. The highest BCUT2D eigenvalue weighted by Gasteiger charge is 2.37. The Morgan fingerprint density at radius 1 is 1.21 bits per heavy atom. The van der Waals surface area contributed by atoms with Gasteiger partial charge in [-0.2, -0.15) is 0 Å². The maximum absolute atomic E-state index is 12.6. The van der Waals surface area contributed by atoms with E-state index in [0.717, 1.165) is 45.4 Å². The van der Waals surface area contributed by atoms with Crippen molar-refractivity contribution in [2.75, 3.05) is 19.8 Å². The first-order valence-corrected chi connectivity index (χ1v) is 7.88. The number of nitrogens with zero attached hydrogens (tertiary/aromatic N) is 1. The Kier molecular flexibility index (Phi) is 4.08. The zero-order valence-electron chi connectivity index (χ0n) is 11.7. The van der Waals surface area contributed by atoms with Crippen molar-refractivity contribution in [3.63, 3.8) is 0 Å². The van der Waals surface area contributed by atoms with Crippen molar-refractivity contribution >= 4 is 5.91 Å². The van der Waals surface area contributed by atoms with E-state index < -0.39 is 0 Å². The van der Waals surface area contributed by atoms with Crippen LogP contribution in [-0.2, 0) is 9.53 Å². The molecule has 4 nitrogen and oxygen atoms in total. The fourth-order valence-electron chi connectivity index (χ4n) is 4.13. The van der Waals surface area contributed by atoms with Crippen molar-refractivity contribution in [2.45, 2.75) is 57.0 Å². The van der Waals surface area contributed by atoms with Crippen molar-refractivity contribution in [3.05, 3.63) is 0 Å². The minimum absolute atomic E-state index is 0.249. The van der Waals surface area contributed by atoms with E-state index in [1.807, 2.05) is 0 Å². The molecular weight excluding hydrogens is 240 g/mol. The molecule has 2 aliphatic heterocycles. The third-order valence-corrected chi connectivity index (χ3v) is 5.28. The van der Waals surface area contributed by atoms with Gasteiger partial charge < -0.3 is 15.4 Å². The summed E-state index contributed by atoms with van der Waals surface area (Å²) in [6, 6.07) is 0.687. The summed E-state index contributed by atoms with van der Waals surface area (Å²) >= 11 is 0.